The van der Waals surface area contributed by atoms with Gasteiger partial charge in [-0.1, -0.05) is 0 Å². The summed E-state index contributed by atoms with van der Waals surface area (Å²) in [5, 5.41) is 5.09. The van der Waals surface area contributed by atoms with E-state index < -0.39 is 5.97 Å². The molecule has 2 heterocycles. The Morgan fingerprint density at radius 1 is 1.35 bits per heavy atom. The number of esters is 1. The van der Waals surface area contributed by atoms with Crippen molar-refractivity contribution in [1.29, 1.82) is 0 Å². The predicted molar refractivity (Wildman–Crippen MR) is 82.4 cm³/mol. The van der Waals surface area contributed by atoms with Gasteiger partial charge in [-0.2, -0.15) is 0 Å². The summed E-state index contributed by atoms with van der Waals surface area (Å²) in [6.07, 6.45) is 0.109. The number of nitrogens with zero attached hydrogens (tertiary/aromatic N) is 1. The highest BCUT2D eigenvalue weighted by Gasteiger charge is 2.16. The van der Waals surface area contributed by atoms with Gasteiger partial charge in [0.2, 0.25) is 12.7 Å². The molecule has 2 aromatic rings. The first kappa shape index (κ1) is 15.3. The number of hydrogen-bond donors (Lipinski definition) is 1. The van der Waals surface area contributed by atoms with Crippen LogP contribution in [0.15, 0.2) is 23.6 Å². The first-order valence-corrected chi connectivity index (χ1v) is 7.71. The molecule has 0 spiro atoms. The van der Waals surface area contributed by atoms with E-state index in [1.807, 2.05) is 23.6 Å². The van der Waals surface area contributed by atoms with Crippen molar-refractivity contribution in [2.24, 2.45) is 0 Å². The predicted octanol–water partition coefficient (Wildman–Crippen LogP) is 1.37. The molecule has 23 heavy (non-hydrogen) atoms. The maximum Gasteiger partial charge on any atom is 0.325 e. The maximum absolute atomic E-state index is 11.7. The molecule has 0 saturated carbocycles. The van der Waals surface area contributed by atoms with Gasteiger partial charge in [0.1, 0.15) is 11.6 Å². The van der Waals surface area contributed by atoms with E-state index in [4.69, 9.17) is 9.47 Å². The molecule has 7 nitrogen and oxygen atoms in total. The molecule has 8 heteroatoms. The topological polar surface area (TPSA) is 86.8 Å². The minimum Gasteiger partial charge on any atom is -0.468 e. The van der Waals surface area contributed by atoms with Crippen LogP contribution in [0.3, 0.4) is 0 Å². The van der Waals surface area contributed by atoms with Crippen molar-refractivity contribution in [3.05, 3.63) is 29.3 Å². The first-order valence-electron chi connectivity index (χ1n) is 6.83. The van der Waals surface area contributed by atoms with Crippen LogP contribution in [-0.2, 0) is 20.7 Å². The molecule has 120 valence electrons. The van der Waals surface area contributed by atoms with E-state index in [9.17, 15) is 9.59 Å². The van der Waals surface area contributed by atoms with Crippen molar-refractivity contribution in [2.45, 2.75) is 6.42 Å². The Balaban J connectivity index is 1.64. The fraction of sp³-hybridized carbons (Fsp3) is 0.267. The average molecular weight is 334 g/mol. The monoisotopic (exact) mass is 334 g/mol. The third kappa shape index (κ3) is 3.59. The Kier molecular flexibility index (Phi) is 4.42. The number of rotatable bonds is 5. The van der Waals surface area contributed by atoms with Gasteiger partial charge in [0, 0.05) is 10.9 Å². The van der Waals surface area contributed by atoms with E-state index in [1.54, 1.807) is 0 Å². The summed E-state index contributed by atoms with van der Waals surface area (Å²) in [4.78, 5) is 27.2. The summed E-state index contributed by atoms with van der Waals surface area (Å²) in [5.74, 6) is 0.637. The van der Waals surface area contributed by atoms with Crippen LogP contribution < -0.4 is 14.8 Å². The second-order valence-corrected chi connectivity index (χ2v) is 5.60. The van der Waals surface area contributed by atoms with Gasteiger partial charge in [-0.15, -0.1) is 11.3 Å². The Labute approximate surface area is 136 Å². The molecule has 0 aliphatic carbocycles. The summed E-state index contributed by atoms with van der Waals surface area (Å²) in [6.45, 7) is 0.0801. The lowest BCUT2D eigenvalue weighted by molar-refractivity contribution is -0.141. The van der Waals surface area contributed by atoms with Gasteiger partial charge < -0.3 is 19.5 Å². The molecule has 0 saturated heterocycles. The largest absolute Gasteiger partial charge is 0.468 e. The molecule has 1 aromatic heterocycles. The van der Waals surface area contributed by atoms with E-state index >= 15 is 0 Å². The molecule has 0 atom stereocenters. The lowest BCUT2D eigenvalue weighted by Crippen LogP contribution is -2.31. The van der Waals surface area contributed by atoms with Gasteiger partial charge in [0.25, 0.3) is 0 Å². The van der Waals surface area contributed by atoms with Crippen molar-refractivity contribution in [2.75, 3.05) is 20.4 Å². The minimum atomic E-state index is -0.488. The number of carbonyl (C=O) groups excluding carboxylic acids is 2. The van der Waals surface area contributed by atoms with Gasteiger partial charge in [-0.25, -0.2) is 4.98 Å². The van der Waals surface area contributed by atoms with E-state index in [2.05, 4.69) is 15.0 Å². The van der Waals surface area contributed by atoms with Crippen LogP contribution >= 0.6 is 11.3 Å². The number of nitrogens with one attached hydrogen (secondary N) is 1. The van der Waals surface area contributed by atoms with E-state index in [0.717, 1.165) is 10.6 Å². The van der Waals surface area contributed by atoms with Gasteiger partial charge in [-0.3, -0.25) is 9.59 Å². The third-order valence-corrected chi connectivity index (χ3v) is 4.11. The molecular formula is C15H14N2O5S. The fourth-order valence-corrected chi connectivity index (χ4v) is 2.84. The van der Waals surface area contributed by atoms with Gasteiger partial charge in [0.05, 0.1) is 19.2 Å². The highest BCUT2D eigenvalue weighted by molar-refractivity contribution is 7.13. The maximum atomic E-state index is 11.7. The molecule has 1 N–H and O–H groups in total. The first-order chi connectivity index (χ1) is 11.2. The number of benzene rings is 1. The number of amides is 1. The zero-order valence-corrected chi connectivity index (χ0v) is 13.1. The molecule has 3 rings (SSSR count). The number of hydrogen-bond acceptors (Lipinski definition) is 7. The molecule has 1 aliphatic rings. The van der Waals surface area contributed by atoms with Crippen LogP contribution in [0, 0.1) is 0 Å². The number of aromatic nitrogens is 1. The number of ether oxygens (including phenoxy) is 3. The molecule has 1 amide bonds. The summed E-state index contributed by atoms with van der Waals surface area (Å²) >= 11 is 1.44. The quantitative estimate of drug-likeness (QED) is 0.831. The fourth-order valence-electron chi connectivity index (χ4n) is 2.02. The molecule has 1 aromatic carbocycles. The van der Waals surface area contributed by atoms with Gasteiger partial charge >= 0.3 is 5.97 Å². The van der Waals surface area contributed by atoms with Crippen molar-refractivity contribution < 1.29 is 23.8 Å². The van der Waals surface area contributed by atoms with Crippen molar-refractivity contribution >= 4 is 23.2 Å². The smallest absolute Gasteiger partial charge is 0.325 e. The highest BCUT2D eigenvalue weighted by Crippen LogP contribution is 2.36. The van der Waals surface area contributed by atoms with Crippen LogP contribution in [0.4, 0.5) is 0 Å². The summed E-state index contributed by atoms with van der Waals surface area (Å²) in [6, 6.07) is 5.59. The number of carbonyl (C=O) groups is 2. The summed E-state index contributed by atoms with van der Waals surface area (Å²) < 4.78 is 15.1. The van der Waals surface area contributed by atoms with Crippen molar-refractivity contribution in [3.63, 3.8) is 0 Å². The normalized spacial score (nSPS) is 12.0. The second kappa shape index (κ2) is 6.66. The molecule has 0 fully saturated rings. The SMILES string of the molecule is COC(=O)CNC(=O)Cc1csc(-c2ccc3c(c2)OCO3)n1. The molecule has 1 aliphatic heterocycles. The highest BCUT2D eigenvalue weighted by atomic mass is 32.1. The van der Waals surface area contributed by atoms with Crippen LogP contribution in [0.2, 0.25) is 0 Å². The lowest BCUT2D eigenvalue weighted by atomic mass is 10.2. The van der Waals surface area contributed by atoms with E-state index in [0.29, 0.717) is 17.2 Å². The van der Waals surface area contributed by atoms with Crippen LogP contribution in [0.5, 0.6) is 11.5 Å². The third-order valence-electron chi connectivity index (χ3n) is 3.17. The standard InChI is InChI=1S/C15H14N2O5S/c1-20-14(19)6-16-13(18)5-10-7-23-15(17-10)9-2-3-11-12(4-9)22-8-21-11/h2-4,7H,5-6,8H2,1H3,(H,16,18). The van der Waals surface area contributed by atoms with Crippen molar-refractivity contribution in [3.8, 4) is 22.1 Å². The number of thiazole rings is 1. The summed E-state index contributed by atoms with van der Waals surface area (Å²) in [7, 11) is 1.27. The second-order valence-electron chi connectivity index (χ2n) is 4.74. The lowest BCUT2D eigenvalue weighted by Gasteiger charge is -2.02. The van der Waals surface area contributed by atoms with E-state index in [-0.39, 0.29) is 25.7 Å². The van der Waals surface area contributed by atoms with Crippen LogP contribution in [0.25, 0.3) is 10.6 Å². The van der Waals surface area contributed by atoms with E-state index in [1.165, 1.54) is 18.4 Å². The Morgan fingerprint density at radius 2 is 2.17 bits per heavy atom. The Bertz CT molecular complexity index is 743. The summed E-state index contributed by atoms with van der Waals surface area (Å²) in [5.41, 5.74) is 1.55. The molecule has 0 bridgehead atoms. The van der Waals surface area contributed by atoms with Crippen molar-refractivity contribution in [1.82, 2.24) is 10.3 Å². The Morgan fingerprint density at radius 3 is 3.00 bits per heavy atom. The zero-order valence-electron chi connectivity index (χ0n) is 12.3. The molecule has 0 unspecified atom stereocenters. The zero-order chi connectivity index (χ0) is 16.2. The van der Waals surface area contributed by atoms with Gasteiger partial charge in [0.15, 0.2) is 11.5 Å². The minimum absolute atomic E-state index is 0.109. The van der Waals surface area contributed by atoms with Gasteiger partial charge in [-0.05, 0) is 18.2 Å². The number of methoxy groups -OCH3 is 1. The average Bonchev–Trinajstić information content (AvgIpc) is 3.20. The molecule has 0 radical (unpaired) electrons. The van der Waals surface area contributed by atoms with Crippen LogP contribution in [-0.4, -0.2) is 37.3 Å². The Hall–Kier alpha value is -2.61. The number of fused-ring (bicyclic) bond motifs is 1. The molecular weight excluding hydrogens is 320 g/mol. The van der Waals surface area contributed by atoms with Crippen LogP contribution in [0.1, 0.15) is 5.69 Å².